The predicted octanol–water partition coefficient (Wildman–Crippen LogP) is 3.78. The SMILES string of the molecule is Cn1ccsc1=NC(=O)c1cccnc1Oc1ccc(Br)cc1. The summed E-state index contributed by atoms with van der Waals surface area (Å²) < 4.78 is 8.45. The van der Waals surface area contributed by atoms with E-state index in [1.54, 1.807) is 35.0 Å². The van der Waals surface area contributed by atoms with E-state index in [0.717, 1.165) is 4.47 Å². The largest absolute Gasteiger partial charge is 0.438 e. The van der Waals surface area contributed by atoms with E-state index in [1.807, 2.05) is 30.8 Å². The van der Waals surface area contributed by atoms with Gasteiger partial charge in [-0.1, -0.05) is 15.9 Å². The number of pyridine rings is 1. The number of hydrogen-bond acceptors (Lipinski definition) is 4. The molecule has 0 fully saturated rings. The molecule has 2 heterocycles. The smallest absolute Gasteiger partial charge is 0.285 e. The highest BCUT2D eigenvalue weighted by Crippen LogP contribution is 2.24. The van der Waals surface area contributed by atoms with Crippen LogP contribution in [0.2, 0.25) is 0 Å². The minimum atomic E-state index is -0.386. The van der Waals surface area contributed by atoms with E-state index in [1.165, 1.54) is 11.3 Å². The molecule has 116 valence electrons. The van der Waals surface area contributed by atoms with Gasteiger partial charge in [-0.25, -0.2) is 4.98 Å². The maximum atomic E-state index is 12.4. The third kappa shape index (κ3) is 3.75. The van der Waals surface area contributed by atoms with Crippen molar-refractivity contribution in [1.29, 1.82) is 0 Å². The summed E-state index contributed by atoms with van der Waals surface area (Å²) in [5.41, 5.74) is 0.323. The van der Waals surface area contributed by atoms with Crippen molar-refractivity contribution in [2.75, 3.05) is 0 Å². The molecule has 7 heteroatoms. The van der Waals surface area contributed by atoms with Gasteiger partial charge in [-0.05, 0) is 36.4 Å². The predicted molar refractivity (Wildman–Crippen MR) is 91.6 cm³/mol. The van der Waals surface area contributed by atoms with Crippen LogP contribution in [-0.2, 0) is 7.05 Å². The van der Waals surface area contributed by atoms with Gasteiger partial charge in [0.15, 0.2) is 4.80 Å². The van der Waals surface area contributed by atoms with Crippen molar-refractivity contribution in [2.24, 2.45) is 12.0 Å². The number of aryl methyl sites for hydroxylation is 1. The highest BCUT2D eigenvalue weighted by atomic mass is 79.9. The van der Waals surface area contributed by atoms with Crippen LogP contribution in [0.4, 0.5) is 0 Å². The van der Waals surface area contributed by atoms with Crippen LogP contribution in [0, 0.1) is 0 Å². The van der Waals surface area contributed by atoms with Crippen LogP contribution in [-0.4, -0.2) is 15.5 Å². The molecule has 5 nitrogen and oxygen atoms in total. The number of thiazole rings is 1. The summed E-state index contributed by atoms with van der Waals surface area (Å²) in [5, 5.41) is 1.87. The number of nitrogens with zero attached hydrogens (tertiary/aromatic N) is 3. The van der Waals surface area contributed by atoms with E-state index in [2.05, 4.69) is 25.9 Å². The van der Waals surface area contributed by atoms with Crippen molar-refractivity contribution >= 4 is 33.2 Å². The molecule has 0 atom stereocenters. The van der Waals surface area contributed by atoms with Crippen LogP contribution in [0.3, 0.4) is 0 Å². The first kappa shape index (κ1) is 15.6. The summed E-state index contributed by atoms with van der Waals surface area (Å²) in [6.45, 7) is 0. The van der Waals surface area contributed by atoms with Crippen molar-refractivity contribution in [3.8, 4) is 11.6 Å². The molecule has 3 aromatic rings. The Bertz CT molecular complexity index is 900. The molecule has 0 bridgehead atoms. The number of amides is 1. The lowest BCUT2D eigenvalue weighted by Gasteiger charge is -2.07. The maximum absolute atomic E-state index is 12.4. The molecule has 0 N–H and O–H groups in total. The van der Waals surface area contributed by atoms with Crippen molar-refractivity contribution < 1.29 is 9.53 Å². The Hall–Kier alpha value is -2.25. The van der Waals surface area contributed by atoms with Gasteiger partial charge in [0, 0.05) is 29.3 Å². The highest BCUT2D eigenvalue weighted by Gasteiger charge is 2.14. The monoisotopic (exact) mass is 389 g/mol. The van der Waals surface area contributed by atoms with E-state index in [9.17, 15) is 4.79 Å². The molecule has 2 aromatic heterocycles. The number of carbonyl (C=O) groups excluding carboxylic acids is 1. The minimum absolute atomic E-state index is 0.239. The van der Waals surface area contributed by atoms with E-state index < -0.39 is 0 Å². The number of rotatable bonds is 3. The van der Waals surface area contributed by atoms with Gasteiger partial charge in [0.1, 0.15) is 11.3 Å². The standard InChI is InChI=1S/C16H12BrN3O2S/c1-20-9-10-23-16(20)19-14(21)13-3-2-8-18-15(13)22-12-6-4-11(17)5-7-12/h2-10H,1H3. The van der Waals surface area contributed by atoms with Gasteiger partial charge >= 0.3 is 0 Å². The molecule has 0 spiro atoms. The average molecular weight is 390 g/mol. The van der Waals surface area contributed by atoms with Crippen LogP contribution in [0.5, 0.6) is 11.6 Å². The number of ether oxygens (including phenoxy) is 1. The molecular weight excluding hydrogens is 378 g/mol. The summed E-state index contributed by atoms with van der Waals surface area (Å²) in [6.07, 6.45) is 3.43. The molecule has 0 saturated carbocycles. The number of halogens is 1. The first-order valence-corrected chi connectivity index (χ1v) is 8.38. The third-order valence-electron chi connectivity index (χ3n) is 2.99. The van der Waals surface area contributed by atoms with Crippen molar-refractivity contribution in [3.63, 3.8) is 0 Å². The molecule has 0 aliphatic rings. The molecule has 0 saturated heterocycles. The third-order valence-corrected chi connectivity index (χ3v) is 4.36. The lowest BCUT2D eigenvalue weighted by Crippen LogP contribution is -2.13. The van der Waals surface area contributed by atoms with Crippen LogP contribution in [0.15, 0.2) is 63.6 Å². The normalized spacial score (nSPS) is 11.5. The van der Waals surface area contributed by atoms with Crippen molar-refractivity contribution in [3.05, 3.63) is 69.0 Å². The fourth-order valence-electron chi connectivity index (χ4n) is 1.83. The van der Waals surface area contributed by atoms with E-state index in [-0.39, 0.29) is 11.8 Å². The summed E-state index contributed by atoms with van der Waals surface area (Å²) in [4.78, 5) is 21.3. The summed E-state index contributed by atoms with van der Waals surface area (Å²) >= 11 is 4.76. The topological polar surface area (TPSA) is 56.5 Å². The summed E-state index contributed by atoms with van der Waals surface area (Å²) in [6, 6.07) is 10.6. The lowest BCUT2D eigenvalue weighted by atomic mass is 10.2. The van der Waals surface area contributed by atoms with Gasteiger partial charge in [0.05, 0.1) is 0 Å². The van der Waals surface area contributed by atoms with Gasteiger partial charge in [-0.2, -0.15) is 4.99 Å². The molecule has 0 radical (unpaired) electrons. The van der Waals surface area contributed by atoms with Gasteiger partial charge in [-0.15, -0.1) is 11.3 Å². The minimum Gasteiger partial charge on any atom is -0.438 e. The van der Waals surface area contributed by atoms with Gasteiger partial charge < -0.3 is 9.30 Å². The zero-order valence-corrected chi connectivity index (χ0v) is 14.5. The molecule has 3 rings (SSSR count). The van der Waals surface area contributed by atoms with E-state index in [0.29, 0.717) is 16.1 Å². The second-order valence-electron chi connectivity index (χ2n) is 4.63. The molecule has 1 amide bonds. The second kappa shape index (κ2) is 6.89. The lowest BCUT2D eigenvalue weighted by molar-refractivity contribution is 0.0995. The highest BCUT2D eigenvalue weighted by molar-refractivity contribution is 9.10. The fourth-order valence-corrected chi connectivity index (χ4v) is 2.82. The summed E-state index contributed by atoms with van der Waals surface area (Å²) in [7, 11) is 1.84. The molecular formula is C16H12BrN3O2S. The van der Waals surface area contributed by atoms with Crippen molar-refractivity contribution in [2.45, 2.75) is 0 Å². The van der Waals surface area contributed by atoms with Crippen LogP contribution >= 0.6 is 27.3 Å². The van der Waals surface area contributed by atoms with E-state index >= 15 is 0 Å². The molecule has 0 aliphatic carbocycles. The first-order chi connectivity index (χ1) is 11.1. The fraction of sp³-hybridized carbons (Fsp3) is 0.0625. The molecule has 0 unspecified atom stereocenters. The zero-order chi connectivity index (χ0) is 16.2. The van der Waals surface area contributed by atoms with Crippen LogP contribution in [0.1, 0.15) is 10.4 Å². The van der Waals surface area contributed by atoms with E-state index in [4.69, 9.17) is 4.74 Å². The molecule has 0 aliphatic heterocycles. The maximum Gasteiger partial charge on any atom is 0.285 e. The summed E-state index contributed by atoms with van der Waals surface area (Å²) in [5.74, 6) is 0.452. The van der Waals surface area contributed by atoms with Crippen LogP contribution in [0.25, 0.3) is 0 Å². The number of aromatic nitrogens is 2. The Kier molecular flexibility index (Phi) is 4.68. The number of carbonyl (C=O) groups is 1. The van der Waals surface area contributed by atoms with Gasteiger partial charge in [0.25, 0.3) is 5.91 Å². The van der Waals surface area contributed by atoms with Crippen LogP contribution < -0.4 is 9.54 Å². The molecule has 23 heavy (non-hydrogen) atoms. The molecule has 1 aromatic carbocycles. The Balaban J connectivity index is 1.93. The quantitative estimate of drug-likeness (QED) is 0.684. The zero-order valence-electron chi connectivity index (χ0n) is 12.1. The van der Waals surface area contributed by atoms with Crippen molar-refractivity contribution in [1.82, 2.24) is 9.55 Å². The number of benzene rings is 1. The Morgan fingerprint density at radius 3 is 2.78 bits per heavy atom. The average Bonchev–Trinajstić information content (AvgIpc) is 2.95. The second-order valence-corrected chi connectivity index (χ2v) is 6.41. The Morgan fingerprint density at radius 2 is 2.09 bits per heavy atom. The first-order valence-electron chi connectivity index (χ1n) is 6.71. The number of hydrogen-bond donors (Lipinski definition) is 0. The van der Waals surface area contributed by atoms with Gasteiger partial charge in [-0.3, -0.25) is 4.79 Å². The Morgan fingerprint density at radius 1 is 1.30 bits per heavy atom. The Labute approximate surface area is 145 Å². The van der Waals surface area contributed by atoms with Gasteiger partial charge in [0.2, 0.25) is 5.88 Å².